The van der Waals surface area contributed by atoms with Gasteiger partial charge >= 0.3 is 7.12 Å². The second kappa shape index (κ2) is 7.84. The molecule has 1 N–H and O–H groups in total. The molecule has 0 saturated carbocycles. The summed E-state index contributed by atoms with van der Waals surface area (Å²) in [6, 6.07) is 4.04. The van der Waals surface area contributed by atoms with Crippen LogP contribution in [0.3, 0.4) is 0 Å². The molecule has 3 heterocycles. The Hall–Kier alpha value is -2.12. The Morgan fingerprint density at radius 3 is 2.84 bits per heavy atom. The maximum Gasteiger partial charge on any atom is 0.454 e. The van der Waals surface area contributed by atoms with Crippen molar-refractivity contribution in [1.29, 1.82) is 0 Å². The third-order valence-corrected chi connectivity index (χ3v) is 4.34. The molecule has 2 aromatic rings. The summed E-state index contributed by atoms with van der Waals surface area (Å²) in [6.45, 7) is 5.14. The molecular formula is C18H23BN2O4. The highest BCUT2D eigenvalue weighted by molar-refractivity contribution is 6.43. The molecule has 0 aromatic carbocycles. The van der Waals surface area contributed by atoms with Gasteiger partial charge in [-0.25, -0.2) is 4.98 Å². The van der Waals surface area contributed by atoms with Crippen molar-refractivity contribution in [2.24, 2.45) is 0 Å². The quantitative estimate of drug-likeness (QED) is 0.814. The van der Waals surface area contributed by atoms with Gasteiger partial charge in [0.2, 0.25) is 0 Å². The standard InChI is InChI=1S/C18H23BN2O4/c1-4-5-24-17-7-14(10-21-18(17)23-3)16-6-13(9-20-12(16)2)15-8-19(22)25-11-15/h6-7,9-10,15,22H,4-5,8,11H2,1-3H3. The van der Waals surface area contributed by atoms with Crippen LogP contribution in [0, 0.1) is 6.92 Å². The van der Waals surface area contributed by atoms with Crippen LogP contribution in [-0.2, 0) is 4.65 Å². The Morgan fingerprint density at radius 1 is 1.32 bits per heavy atom. The van der Waals surface area contributed by atoms with Crippen molar-refractivity contribution in [3.63, 3.8) is 0 Å². The van der Waals surface area contributed by atoms with E-state index in [-0.39, 0.29) is 5.92 Å². The molecule has 1 fully saturated rings. The molecular weight excluding hydrogens is 319 g/mol. The molecule has 2 aromatic heterocycles. The summed E-state index contributed by atoms with van der Waals surface area (Å²) in [5.74, 6) is 1.27. The van der Waals surface area contributed by atoms with Crippen LogP contribution in [0.5, 0.6) is 11.6 Å². The number of ether oxygens (including phenoxy) is 2. The average Bonchev–Trinajstić information content (AvgIpc) is 3.06. The zero-order valence-electron chi connectivity index (χ0n) is 14.9. The van der Waals surface area contributed by atoms with Crippen LogP contribution in [0.15, 0.2) is 24.5 Å². The normalized spacial score (nSPS) is 17.0. The second-order valence-electron chi connectivity index (χ2n) is 6.20. The molecule has 7 heteroatoms. The lowest BCUT2D eigenvalue weighted by Crippen LogP contribution is -2.07. The topological polar surface area (TPSA) is 73.7 Å². The van der Waals surface area contributed by atoms with Crippen LogP contribution in [0.4, 0.5) is 0 Å². The highest BCUT2D eigenvalue weighted by Gasteiger charge is 2.30. The van der Waals surface area contributed by atoms with Gasteiger partial charge in [0.15, 0.2) is 5.75 Å². The van der Waals surface area contributed by atoms with Crippen LogP contribution < -0.4 is 9.47 Å². The zero-order valence-corrected chi connectivity index (χ0v) is 14.9. The third kappa shape index (κ3) is 3.94. The van der Waals surface area contributed by atoms with Crippen LogP contribution in [0.2, 0.25) is 6.32 Å². The van der Waals surface area contributed by atoms with E-state index in [1.54, 1.807) is 13.3 Å². The Kier molecular flexibility index (Phi) is 5.55. The summed E-state index contributed by atoms with van der Waals surface area (Å²) in [5, 5.41) is 9.60. The van der Waals surface area contributed by atoms with Gasteiger partial charge in [-0.05, 0) is 37.4 Å². The van der Waals surface area contributed by atoms with E-state index in [1.165, 1.54) is 0 Å². The van der Waals surface area contributed by atoms with E-state index in [0.29, 0.717) is 31.2 Å². The molecule has 1 atom stereocenters. The van der Waals surface area contributed by atoms with Gasteiger partial charge in [-0.1, -0.05) is 6.92 Å². The molecule has 3 rings (SSSR count). The van der Waals surface area contributed by atoms with Gasteiger partial charge in [0.1, 0.15) is 0 Å². The van der Waals surface area contributed by atoms with Crippen LogP contribution in [0.25, 0.3) is 11.1 Å². The molecule has 1 unspecified atom stereocenters. The average molecular weight is 342 g/mol. The van der Waals surface area contributed by atoms with Crippen LogP contribution >= 0.6 is 0 Å². The van der Waals surface area contributed by atoms with E-state index >= 15 is 0 Å². The molecule has 1 saturated heterocycles. The molecule has 0 bridgehead atoms. The minimum Gasteiger partial charge on any atom is -0.488 e. The van der Waals surface area contributed by atoms with Gasteiger partial charge in [0.25, 0.3) is 5.88 Å². The van der Waals surface area contributed by atoms with Gasteiger partial charge in [0.05, 0.1) is 13.7 Å². The number of rotatable bonds is 6. The summed E-state index contributed by atoms with van der Waals surface area (Å²) in [7, 11) is 0.895. The summed E-state index contributed by atoms with van der Waals surface area (Å²) < 4.78 is 16.3. The molecule has 0 radical (unpaired) electrons. The Morgan fingerprint density at radius 2 is 2.16 bits per heavy atom. The first-order valence-electron chi connectivity index (χ1n) is 8.55. The van der Waals surface area contributed by atoms with Gasteiger partial charge in [-0.15, -0.1) is 0 Å². The Balaban J connectivity index is 1.95. The minimum atomic E-state index is -0.688. The fraction of sp³-hybridized carbons (Fsp3) is 0.444. The van der Waals surface area contributed by atoms with E-state index in [0.717, 1.165) is 28.8 Å². The molecule has 1 aliphatic rings. The fourth-order valence-corrected chi connectivity index (χ4v) is 2.95. The summed E-state index contributed by atoms with van der Waals surface area (Å²) >= 11 is 0. The molecule has 0 spiro atoms. The number of pyridine rings is 2. The summed E-state index contributed by atoms with van der Waals surface area (Å²) in [4.78, 5) is 8.89. The number of hydrogen-bond donors (Lipinski definition) is 1. The lowest BCUT2D eigenvalue weighted by molar-refractivity contribution is 0.289. The number of hydrogen-bond acceptors (Lipinski definition) is 6. The van der Waals surface area contributed by atoms with E-state index < -0.39 is 7.12 Å². The molecule has 132 valence electrons. The smallest absolute Gasteiger partial charge is 0.454 e. The fourth-order valence-electron chi connectivity index (χ4n) is 2.95. The van der Waals surface area contributed by atoms with Crippen molar-refractivity contribution >= 4 is 7.12 Å². The van der Waals surface area contributed by atoms with Gasteiger partial charge in [0, 0.05) is 41.7 Å². The van der Waals surface area contributed by atoms with Crippen molar-refractivity contribution in [3.05, 3.63) is 35.8 Å². The number of aryl methyl sites for hydroxylation is 1. The van der Waals surface area contributed by atoms with Crippen LogP contribution in [0.1, 0.15) is 30.5 Å². The summed E-state index contributed by atoms with van der Waals surface area (Å²) in [6.07, 6.45) is 5.13. The van der Waals surface area contributed by atoms with Crippen molar-refractivity contribution in [1.82, 2.24) is 9.97 Å². The molecule has 1 aliphatic heterocycles. The van der Waals surface area contributed by atoms with Crippen molar-refractivity contribution < 1.29 is 19.2 Å². The lowest BCUT2D eigenvalue weighted by Gasteiger charge is -2.14. The highest BCUT2D eigenvalue weighted by Crippen LogP contribution is 2.34. The first-order valence-corrected chi connectivity index (χ1v) is 8.55. The summed E-state index contributed by atoms with van der Waals surface area (Å²) in [5.41, 5.74) is 3.90. The molecule has 0 aliphatic carbocycles. The van der Waals surface area contributed by atoms with Crippen LogP contribution in [-0.4, -0.2) is 42.4 Å². The molecule has 6 nitrogen and oxygen atoms in total. The second-order valence-corrected chi connectivity index (χ2v) is 6.20. The minimum absolute atomic E-state index is 0.156. The maximum absolute atomic E-state index is 9.60. The highest BCUT2D eigenvalue weighted by atomic mass is 16.5. The van der Waals surface area contributed by atoms with E-state index in [9.17, 15) is 5.02 Å². The first kappa shape index (κ1) is 17.7. The maximum atomic E-state index is 9.60. The van der Waals surface area contributed by atoms with Crippen molar-refractivity contribution in [3.8, 4) is 22.8 Å². The van der Waals surface area contributed by atoms with E-state index in [1.807, 2.05) is 19.2 Å². The SMILES string of the molecule is CCCOc1cc(-c2cc(C3COB(O)C3)cnc2C)cnc1OC. The number of methoxy groups -OCH3 is 1. The predicted octanol–water partition coefficient (Wildman–Crippen LogP) is 2.84. The van der Waals surface area contributed by atoms with Gasteiger partial charge in [-0.2, -0.15) is 0 Å². The van der Waals surface area contributed by atoms with E-state index in [2.05, 4.69) is 23.0 Å². The Bertz CT molecular complexity index is 741. The monoisotopic (exact) mass is 342 g/mol. The van der Waals surface area contributed by atoms with Gasteiger partial charge < -0.3 is 19.2 Å². The largest absolute Gasteiger partial charge is 0.488 e. The predicted molar refractivity (Wildman–Crippen MR) is 96.0 cm³/mol. The Labute approximate surface area is 148 Å². The van der Waals surface area contributed by atoms with Crippen molar-refractivity contribution in [2.45, 2.75) is 32.5 Å². The third-order valence-electron chi connectivity index (χ3n) is 4.34. The van der Waals surface area contributed by atoms with E-state index in [4.69, 9.17) is 14.1 Å². The molecule has 0 amide bonds. The van der Waals surface area contributed by atoms with Gasteiger partial charge in [-0.3, -0.25) is 4.98 Å². The lowest BCUT2D eigenvalue weighted by atomic mass is 9.79. The molecule has 25 heavy (non-hydrogen) atoms. The number of aromatic nitrogens is 2. The van der Waals surface area contributed by atoms with Crippen molar-refractivity contribution in [2.75, 3.05) is 20.3 Å². The first-order chi connectivity index (χ1) is 12.1. The zero-order chi connectivity index (χ0) is 17.8. The number of nitrogens with zero attached hydrogens (tertiary/aromatic N) is 2.